The molecule has 8 nitrogen and oxygen atoms in total. The summed E-state index contributed by atoms with van der Waals surface area (Å²) in [5, 5.41) is 6.28. The average molecular weight is 383 g/mol. The number of benzene rings is 2. The lowest BCUT2D eigenvalue weighted by molar-refractivity contribution is -0.142. The van der Waals surface area contributed by atoms with Crippen molar-refractivity contribution in [2.24, 2.45) is 5.10 Å². The molecule has 0 aliphatic carbocycles. The van der Waals surface area contributed by atoms with Crippen LogP contribution in [0.1, 0.15) is 11.1 Å². The van der Waals surface area contributed by atoms with Gasteiger partial charge in [-0.1, -0.05) is 30.3 Å². The van der Waals surface area contributed by atoms with E-state index < -0.39 is 17.8 Å². The highest BCUT2D eigenvalue weighted by atomic mass is 16.6. The quantitative estimate of drug-likeness (QED) is 0.307. The first-order chi connectivity index (χ1) is 13.6. The van der Waals surface area contributed by atoms with Crippen LogP contribution in [0.25, 0.3) is 0 Å². The van der Waals surface area contributed by atoms with Gasteiger partial charge in [0.1, 0.15) is 5.75 Å². The predicted octanol–water partition coefficient (Wildman–Crippen LogP) is 1.05. The van der Waals surface area contributed by atoms with Gasteiger partial charge in [0.05, 0.1) is 13.3 Å². The fourth-order valence-corrected chi connectivity index (χ4v) is 2.11. The predicted molar refractivity (Wildman–Crippen MR) is 103 cm³/mol. The zero-order valence-corrected chi connectivity index (χ0v) is 15.4. The maximum absolute atomic E-state index is 11.7. The second-order valence-electron chi connectivity index (χ2n) is 5.62. The third-order valence-corrected chi connectivity index (χ3v) is 3.59. The molecule has 2 N–H and O–H groups in total. The van der Waals surface area contributed by atoms with Gasteiger partial charge in [-0.05, 0) is 41.8 Å². The Morgan fingerprint density at radius 1 is 1.00 bits per heavy atom. The summed E-state index contributed by atoms with van der Waals surface area (Å²) < 4.78 is 9.70. The SMILES string of the molecule is COC(=O)COc1ccc(/C=N/NC(=O)C(=O)NCCc2ccccc2)cc1. The Morgan fingerprint density at radius 3 is 2.39 bits per heavy atom. The van der Waals surface area contributed by atoms with Crippen molar-refractivity contribution in [2.45, 2.75) is 6.42 Å². The zero-order valence-electron chi connectivity index (χ0n) is 15.4. The Bertz CT molecular complexity index is 819. The van der Waals surface area contributed by atoms with E-state index in [-0.39, 0.29) is 6.61 Å². The molecule has 0 aromatic heterocycles. The summed E-state index contributed by atoms with van der Waals surface area (Å²) in [6, 6.07) is 16.3. The number of rotatable bonds is 8. The Kier molecular flexibility index (Phi) is 8.19. The second kappa shape index (κ2) is 11.1. The number of amides is 2. The van der Waals surface area contributed by atoms with Crippen LogP contribution in [0.15, 0.2) is 59.7 Å². The number of carbonyl (C=O) groups excluding carboxylic acids is 3. The Morgan fingerprint density at radius 2 is 1.71 bits per heavy atom. The van der Waals surface area contributed by atoms with Crippen LogP contribution in [0.5, 0.6) is 5.75 Å². The van der Waals surface area contributed by atoms with Gasteiger partial charge in [-0.25, -0.2) is 10.2 Å². The van der Waals surface area contributed by atoms with E-state index in [4.69, 9.17) is 4.74 Å². The molecule has 0 aliphatic heterocycles. The molecule has 0 radical (unpaired) electrons. The Labute approximate surface area is 162 Å². The van der Waals surface area contributed by atoms with Gasteiger partial charge in [0.2, 0.25) is 0 Å². The van der Waals surface area contributed by atoms with Crippen molar-refractivity contribution in [1.82, 2.24) is 10.7 Å². The lowest BCUT2D eigenvalue weighted by Crippen LogP contribution is -2.38. The lowest BCUT2D eigenvalue weighted by Gasteiger charge is -2.05. The minimum Gasteiger partial charge on any atom is -0.482 e. The normalized spacial score (nSPS) is 10.3. The van der Waals surface area contributed by atoms with E-state index in [1.807, 2.05) is 30.3 Å². The van der Waals surface area contributed by atoms with Crippen molar-refractivity contribution < 1.29 is 23.9 Å². The Balaban J connectivity index is 1.71. The monoisotopic (exact) mass is 383 g/mol. The van der Waals surface area contributed by atoms with Crippen molar-refractivity contribution in [3.05, 3.63) is 65.7 Å². The van der Waals surface area contributed by atoms with Gasteiger partial charge >= 0.3 is 17.8 Å². The number of hydrazone groups is 1. The van der Waals surface area contributed by atoms with E-state index in [2.05, 4.69) is 20.6 Å². The molecular formula is C20H21N3O5. The molecule has 2 amide bonds. The minimum absolute atomic E-state index is 0.181. The number of hydrogen-bond acceptors (Lipinski definition) is 6. The molecule has 0 aliphatic rings. The van der Waals surface area contributed by atoms with Crippen molar-refractivity contribution in [3.63, 3.8) is 0 Å². The minimum atomic E-state index is -0.845. The molecule has 0 atom stereocenters. The first-order valence-corrected chi connectivity index (χ1v) is 8.53. The molecule has 0 saturated carbocycles. The number of methoxy groups -OCH3 is 1. The number of hydrogen-bond donors (Lipinski definition) is 2. The highest BCUT2D eigenvalue weighted by Gasteiger charge is 2.11. The van der Waals surface area contributed by atoms with Gasteiger partial charge in [0.15, 0.2) is 6.61 Å². The van der Waals surface area contributed by atoms with E-state index in [0.717, 1.165) is 5.56 Å². The van der Waals surface area contributed by atoms with Crippen LogP contribution >= 0.6 is 0 Å². The zero-order chi connectivity index (χ0) is 20.2. The molecule has 146 valence electrons. The number of esters is 1. The molecule has 0 bridgehead atoms. The van der Waals surface area contributed by atoms with Crippen molar-refractivity contribution in [3.8, 4) is 5.75 Å². The van der Waals surface area contributed by atoms with Crippen LogP contribution in [-0.4, -0.2) is 44.3 Å². The van der Waals surface area contributed by atoms with Crippen molar-refractivity contribution >= 4 is 24.0 Å². The molecule has 28 heavy (non-hydrogen) atoms. The van der Waals surface area contributed by atoms with Crippen LogP contribution in [0, 0.1) is 0 Å². The Hall–Kier alpha value is -3.68. The third kappa shape index (κ3) is 7.28. The number of carbonyl (C=O) groups is 3. The molecule has 0 heterocycles. The van der Waals surface area contributed by atoms with E-state index >= 15 is 0 Å². The van der Waals surface area contributed by atoms with Gasteiger partial charge < -0.3 is 14.8 Å². The summed E-state index contributed by atoms with van der Waals surface area (Å²) in [4.78, 5) is 34.4. The number of ether oxygens (including phenoxy) is 2. The summed E-state index contributed by atoms with van der Waals surface area (Å²) in [5.74, 6) is -1.58. The van der Waals surface area contributed by atoms with E-state index in [9.17, 15) is 14.4 Å². The van der Waals surface area contributed by atoms with Gasteiger partial charge in [-0.15, -0.1) is 0 Å². The molecule has 2 aromatic rings. The number of nitrogens with one attached hydrogen (secondary N) is 2. The molecular weight excluding hydrogens is 362 g/mol. The smallest absolute Gasteiger partial charge is 0.343 e. The fraction of sp³-hybridized carbons (Fsp3) is 0.200. The maximum atomic E-state index is 11.7. The van der Waals surface area contributed by atoms with Crippen molar-refractivity contribution in [1.29, 1.82) is 0 Å². The lowest BCUT2D eigenvalue weighted by atomic mass is 10.1. The van der Waals surface area contributed by atoms with E-state index in [0.29, 0.717) is 24.3 Å². The van der Waals surface area contributed by atoms with Crippen LogP contribution in [0.3, 0.4) is 0 Å². The van der Waals surface area contributed by atoms with Crippen LogP contribution in [0.2, 0.25) is 0 Å². The van der Waals surface area contributed by atoms with Crippen LogP contribution in [-0.2, 0) is 25.5 Å². The standard InChI is InChI=1S/C20H21N3O5/c1-27-18(24)14-28-17-9-7-16(8-10-17)13-22-23-20(26)19(25)21-12-11-15-5-3-2-4-6-15/h2-10,13H,11-12,14H2,1H3,(H,21,25)(H,23,26)/b22-13+. The van der Waals surface area contributed by atoms with Gasteiger partial charge in [0.25, 0.3) is 0 Å². The van der Waals surface area contributed by atoms with Gasteiger partial charge in [-0.3, -0.25) is 9.59 Å². The summed E-state index contributed by atoms with van der Waals surface area (Å²) in [7, 11) is 1.28. The molecule has 0 saturated heterocycles. The molecule has 0 spiro atoms. The highest BCUT2D eigenvalue weighted by Crippen LogP contribution is 2.11. The summed E-state index contributed by atoms with van der Waals surface area (Å²) in [5.41, 5.74) is 3.91. The molecule has 2 rings (SSSR count). The number of nitrogens with zero attached hydrogens (tertiary/aromatic N) is 1. The van der Waals surface area contributed by atoms with Crippen LogP contribution in [0.4, 0.5) is 0 Å². The first kappa shape index (κ1) is 20.6. The maximum Gasteiger partial charge on any atom is 0.343 e. The first-order valence-electron chi connectivity index (χ1n) is 8.53. The van der Waals surface area contributed by atoms with Gasteiger partial charge in [-0.2, -0.15) is 5.10 Å². The molecule has 2 aromatic carbocycles. The summed E-state index contributed by atoms with van der Waals surface area (Å²) in [6.07, 6.45) is 2.02. The molecule has 0 fully saturated rings. The van der Waals surface area contributed by atoms with Crippen LogP contribution < -0.4 is 15.5 Å². The highest BCUT2D eigenvalue weighted by molar-refractivity contribution is 6.35. The largest absolute Gasteiger partial charge is 0.482 e. The fourth-order valence-electron chi connectivity index (χ4n) is 2.11. The average Bonchev–Trinajstić information content (AvgIpc) is 2.73. The summed E-state index contributed by atoms with van der Waals surface area (Å²) >= 11 is 0. The van der Waals surface area contributed by atoms with E-state index in [1.165, 1.54) is 13.3 Å². The molecule has 8 heteroatoms. The summed E-state index contributed by atoms with van der Waals surface area (Å²) in [6.45, 7) is 0.173. The topological polar surface area (TPSA) is 106 Å². The van der Waals surface area contributed by atoms with Crippen molar-refractivity contribution in [2.75, 3.05) is 20.3 Å². The van der Waals surface area contributed by atoms with E-state index in [1.54, 1.807) is 24.3 Å². The third-order valence-electron chi connectivity index (χ3n) is 3.59. The van der Waals surface area contributed by atoms with Gasteiger partial charge in [0, 0.05) is 6.54 Å². The second-order valence-corrected chi connectivity index (χ2v) is 5.62. The molecule has 0 unspecified atom stereocenters.